The number of hydrogen-bond acceptors (Lipinski definition) is 4. The maximum Gasteiger partial charge on any atom is 0.272 e. The Balaban J connectivity index is 2.09. The van der Waals surface area contributed by atoms with Gasteiger partial charge >= 0.3 is 0 Å². The van der Waals surface area contributed by atoms with Gasteiger partial charge in [0.2, 0.25) is 0 Å². The van der Waals surface area contributed by atoms with E-state index in [0.29, 0.717) is 18.6 Å². The lowest BCUT2D eigenvalue weighted by Gasteiger charge is -2.05. The zero-order valence-electron chi connectivity index (χ0n) is 12.4. The van der Waals surface area contributed by atoms with E-state index in [4.69, 9.17) is 10.5 Å². The fraction of sp³-hybridized carbons (Fsp3) is 0.250. The van der Waals surface area contributed by atoms with Crippen LogP contribution >= 0.6 is 0 Å². The van der Waals surface area contributed by atoms with E-state index < -0.39 is 0 Å². The van der Waals surface area contributed by atoms with Crippen molar-refractivity contribution in [3.8, 4) is 17.0 Å². The Kier molecular flexibility index (Phi) is 3.93. The molecule has 0 bridgehead atoms. The Morgan fingerprint density at radius 2 is 2.14 bits per heavy atom. The predicted molar refractivity (Wildman–Crippen MR) is 85.2 cm³/mol. The summed E-state index contributed by atoms with van der Waals surface area (Å²) >= 11 is 0. The van der Waals surface area contributed by atoms with E-state index in [9.17, 15) is 4.79 Å². The molecule has 0 atom stereocenters. The average Bonchev–Trinajstić information content (AvgIpc) is 2.97. The van der Waals surface area contributed by atoms with Crippen molar-refractivity contribution >= 4 is 5.65 Å². The molecule has 114 valence electrons. The van der Waals surface area contributed by atoms with Crippen LogP contribution in [-0.2, 0) is 6.42 Å². The van der Waals surface area contributed by atoms with Crippen LogP contribution in [0, 0.1) is 0 Å². The van der Waals surface area contributed by atoms with Gasteiger partial charge in [0, 0.05) is 23.4 Å². The number of ether oxygens (including phenoxy) is 1. The summed E-state index contributed by atoms with van der Waals surface area (Å²) in [4.78, 5) is 16.7. The monoisotopic (exact) mass is 298 g/mol. The van der Waals surface area contributed by atoms with Gasteiger partial charge in [-0.3, -0.25) is 9.89 Å². The lowest BCUT2D eigenvalue weighted by molar-refractivity contribution is 0.416. The van der Waals surface area contributed by atoms with Crippen molar-refractivity contribution in [3.63, 3.8) is 0 Å². The number of nitrogens with zero attached hydrogens (tertiary/aromatic N) is 2. The van der Waals surface area contributed by atoms with Crippen LogP contribution < -0.4 is 16.0 Å². The molecule has 3 aromatic rings. The highest BCUT2D eigenvalue weighted by molar-refractivity contribution is 5.70. The van der Waals surface area contributed by atoms with Gasteiger partial charge in [0.05, 0.1) is 12.8 Å². The van der Waals surface area contributed by atoms with Crippen molar-refractivity contribution in [3.05, 3.63) is 52.4 Å². The molecule has 0 saturated heterocycles. The summed E-state index contributed by atoms with van der Waals surface area (Å²) in [6, 6.07) is 11.0. The molecule has 2 heterocycles. The number of aromatic nitrogens is 3. The van der Waals surface area contributed by atoms with Crippen molar-refractivity contribution in [1.29, 1.82) is 0 Å². The van der Waals surface area contributed by atoms with E-state index in [-0.39, 0.29) is 5.56 Å². The molecule has 0 fully saturated rings. The van der Waals surface area contributed by atoms with Crippen molar-refractivity contribution in [1.82, 2.24) is 14.6 Å². The number of methoxy groups -OCH3 is 1. The molecule has 0 spiro atoms. The van der Waals surface area contributed by atoms with Gasteiger partial charge in [-0.2, -0.15) is 0 Å². The van der Waals surface area contributed by atoms with Crippen LogP contribution in [0.4, 0.5) is 0 Å². The molecule has 22 heavy (non-hydrogen) atoms. The summed E-state index contributed by atoms with van der Waals surface area (Å²) in [5.41, 5.74) is 8.42. The zero-order valence-corrected chi connectivity index (χ0v) is 12.4. The van der Waals surface area contributed by atoms with E-state index in [1.165, 1.54) is 4.52 Å². The molecule has 0 aliphatic carbocycles. The number of para-hydroxylation sites is 1. The Bertz CT molecular complexity index is 851. The summed E-state index contributed by atoms with van der Waals surface area (Å²) in [5, 5.41) is 3.08. The van der Waals surface area contributed by atoms with Gasteiger partial charge in [-0.25, -0.2) is 9.50 Å². The minimum atomic E-state index is -0.127. The number of aryl methyl sites for hydroxylation is 1. The Labute approximate surface area is 127 Å². The molecule has 3 rings (SSSR count). The number of fused-ring (bicyclic) bond motifs is 1. The van der Waals surface area contributed by atoms with Gasteiger partial charge in [-0.05, 0) is 31.5 Å². The van der Waals surface area contributed by atoms with Crippen LogP contribution in [0.2, 0.25) is 0 Å². The molecule has 6 heteroatoms. The molecule has 0 radical (unpaired) electrons. The van der Waals surface area contributed by atoms with E-state index in [1.807, 2.05) is 30.3 Å². The molecular formula is C16H18N4O2. The largest absolute Gasteiger partial charge is 0.496 e. The van der Waals surface area contributed by atoms with Crippen LogP contribution in [0.15, 0.2) is 41.2 Å². The Morgan fingerprint density at radius 1 is 1.32 bits per heavy atom. The predicted octanol–water partition coefficient (Wildman–Crippen LogP) is 1.59. The topological polar surface area (TPSA) is 85.4 Å². The van der Waals surface area contributed by atoms with E-state index >= 15 is 0 Å². The maximum absolute atomic E-state index is 12.2. The van der Waals surface area contributed by atoms with Crippen LogP contribution in [0.5, 0.6) is 5.75 Å². The number of aromatic amines is 1. The molecule has 0 unspecified atom stereocenters. The van der Waals surface area contributed by atoms with Crippen molar-refractivity contribution in [2.24, 2.45) is 5.73 Å². The molecule has 0 saturated carbocycles. The van der Waals surface area contributed by atoms with Crippen LogP contribution in [0.1, 0.15) is 12.1 Å². The minimum Gasteiger partial charge on any atom is -0.496 e. The first-order valence-corrected chi connectivity index (χ1v) is 7.18. The van der Waals surface area contributed by atoms with E-state index in [1.54, 1.807) is 13.2 Å². The first kappa shape index (κ1) is 14.3. The molecule has 0 amide bonds. The van der Waals surface area contributed by atoms with Gasteiger partial charge in [-0.15, -0.1) is 0 Å². The summed E-state index contributed by atoms with van der Waals surface area (Å²) in [6.07, 6.45) is 1.52. The fourth-order valence-electron chi connectivity index (χ4n) is 2.46. The summed E-state index contributed by atoms with van der Waals surface area (Å²) in [5.74, 6) is 0.741. The highest BCUT2D eigenvalue weighted by atomic mass is 16.5. The molecule has 0 aliphatic heterocycles. The first-order valence-electron chi connectivity index (χ1n) is 7.18. The minimum absolute atomic E-state index is 0.127. The number of nitrogens with one attached hydrogen (secondary N) is 1. The van der Waals surface area contributed by atoms with Crippen molar-refractivity contribution in [2.45, 2.75) is 12.8 Å². The zero-order chi connectivity index (χ0) is 15.5. The normalized spacial score (nSPS) is 11.0. The quantitative estimate of drug-likeness (QED) is 0.749. The Morgan fingerprint density at radius 3 is 2.91 bits per heavy atom. The van der Waals surface area contributed by atoms with Gasteiger partial charge in [0.25, 0.3) is 5.56 Å². The second-order valence-corrected chi connectivity index (χ2v) is 5.04. The molecule has 2 aromatic heterocycles. The highest BCUT2D eigenvalue weighted by Gasteiger charge is 2.11. The van der Waals surface area contributed by atoms with Gasteiger partial charge < -0.3 is 10.5 Å². The van der Waals surface area contributed by atoms with Gasteiger partial charge in [0.15, 0.2) is 5.65 Å². The Hall–Kier alpha value is -2.60. The van der Waals surface area contributed by atoms with Crippen molar-refractivity contribution < 1.29 is 4.74 Å². The van der Waals surface area contributed by atoms with Crippen LogP contribution in [0.25, 0.3) is 16.9 Å². The lowest BCUT2D eigenvalue weighted by Crippen LogP contribution is -2.16. The van der Waals surface area contributed by atoms with Gasteiger partial charge in [0.1, 0.15) is 5.75 Å². The second kappa shape index (κ2) is 6.03. The fourth-order valence-corrected chi connectivity index (χ4v) is 2.46. The average molecular weight is 298 g/mol. The highest BCUT2D eigenvalue weighted by Crippen LogP contribution is 2.28. The maximum atomic E-state index is 12.2. The standard InChI is InChI=1S/C16H18N4O2/c1-22-14-7-3-2-6-12(14)13-10-15-18-11(5-4-8-17)9-16(21)20(15)19-13/h2-3,6-7,9-10,19H,4-5,8,17H2,1H3. The summed E-state index contributed by atoms with van der Waals surface area (Å²) < 4.78 is 6.80. The van der Waals surface area contributed by atoms with E-state index in [2.05, 4.69) is 10.1 Å². The smallest absolute Gasteiger partial charge is 0.272 e. The molecule has 6 nitrogen and oxygen atoms in total. The third-order valence-corrected chi connectivity index (χ3v) is 3.54. The number of benzene rings is 1. The third kappa shape index (κ3) is 2.60. The van der Waals surface area contributed by atoms with Gasteiger partial charge in [-0.1, -0.05) is 12.1 Å². The third-order valence-electron chi connectivity index (χ3n) is 3.54. The molecule has 1 aromatic carbocycles. The number of hydrogen-bond donors (Lipinski definition) is 2. The number of nitrogens with two attached hydrogens (primary N) is 1. The SMILES string of the molecule is COc1ccccc1-c1cc2nc(CCCN)cc(=O)n2[nH]1. The molecule has 3 N–H and O–H groups in total. The van der Waals surface area contributed by atoms with E-state index in [0.717, 1.165) is 29.1 Å². The molecule has 0 aliphatic rings. The molecular weight excluding hydrogens is 280 g/mol. The summed E-state index contributed by atoms with van der Waals surface area (Å²) in [6.45, 7) is 0.584. The van der Waals surface area contributed by atoms with Crippen LogP contribution in [-0.4, -0.2) is 28.3 Å². The second-order valence-electron chi connectivity index (χ2n) is 5.04. The van der Waals surface area contributed by atoms with Crippen LogP contribution in [0.3, 0.4) is 0 Å². The first-order chi connectivity index (χ1) is 10.7. The lowest BCUT2D eigenvalue weighted by atomic mass is 10.1. The summed E-state index contributed by atoms with van der Waals surface area (Å²) in [7, 11) is 1.62. The van der Waals surface area contributed by atoms with Crippen molar-refractivity contribution in [2.75, 3.05) is 13.7 Å². The number of H-pyrrole nitrogens is 1. The number of rotatable bonds is 5.